The minimum absolute atomic E-state index is 0.0722. The third-order valence-corrected chi connectivity index (χ3v) is 4.01. The molecule has 1 saturated carbocycles. The van der Waals surface area contributed by atoms with E-state index in [4.69, 9.17) is 5.73 Å². The SMILES string of the molecule is CC(C)N(CCCN)C(=O)C1CCCCC1C(F)(F)F. The molecule has 1 aliphatic carbocycles. The van der Waals surface area contributed by atoms with E-state index in [0.717, 1.165) is 0 Å². The predicted molar refractivity (Wildman–Crippen MR) is 72.0 cm³/mol. The maximum atomic E-state index is 13.1. The first-order chi connectivity index (χ1) is 9.29. The van der Waals surface area contributed by atoms with Gasteiger partial charge in [0.15, 0.2) is 0 Å². The quantitative estimate of drug-likeness (QED) is 0.847. The molecule has 2 atom stereocenters. The topological polar surface area (TPSA) is 46.3 Å². The van der Waals surface area contributed by atoms with Crippen LogP contribution in [0, 0.1) is 11.8 Å². The molecule has 1 fully saturated rings. The number of alkyl halides is 3. The molecule has 0 aromatic heterocycles. The summed E-state index contributed by atoms with van der Waals surface area (Å²) in [5.41, 5.74) is 5.43. The summed E-state index contributed by atoms with van der Waals surface area (Å²) in [5, 5.41) is 0. The molecule has 20 heavy (non-hydrogen) atoms. The Bertz CT molecular complexity index is 318. The Morgan fingerprint density at radius 2 is 1.90 bits per heavy atom. The zero-order chi connectivity index (χ0) is 15.3. The molecule has 0 heterocycles. The molecule has 2 unspecified atom stereocenters. The predicted octanol–water partition coefficient (Wildman–Crippen LogP) is 2.94. The summed E-state index contributed by atoms with van der Waals surface area (Å²) in [6.07, 6.45) is -1.99. The highest BCUT2D eigenvalue weighted by molar-refractivity contribution is 5.79. The second-order valence-corrected chi connectivity index (χ2v) is 5.81. The van der Waals surface area contributed by atoms with Crippen molar-refractivity contribution >= 4 is 5.91 Å². The van der Waals surface area contributed by atoms with E-state index < -0.39 is 18.0 Å². The molecule has 0 bridgehead atoms. The van der Waals surface area contributed by atoms with Crippen LogP contribution in [0.5, 0.6) is 0 Å². The van der Waals surface area contributed by atoms with E-state index in [2.05, 4.69) is 0 Å². The number of nitrogens with two attached hydrogens (primary N) is 1. The van der Waals surface area contributed by atoms with Crippen LogP contribution in [0.4, 0.5) is 13.2 Å². The molecule has 0 saturated heterocycles. The fourth-order valence-electron chi connectivity index (χ4n) is 2.92. The van der Waals surface area contributed by atoms with E-state index in [0.29, 0.717) is 38.8 Å². The molecule has 118 valence electrons. The Morgan fingerprint density at radius 1 is 1.30 bits per heavy atom. The summed E-state index contributed by atoms with van der Waals surface area (Å²) < 4.78 is 39.2. The summed E-state index contributed by atoms with van der Waals surface area (Å²) in [6.45, 7) is 4.54. The smallest absolute Gasteiger partial charge is 0.340 e. The van der Waals surface area contributed by atoms with Crippen molar-refractivity contribution in [2.75, 3.05) is 13.1 Å². The molecular formula is C14H25F3N2O. The van der Waals surface area contributed by atoms with Gasteiger partial charge >= 0.3 is 6.18 Å². The van der Waals surface area contributed by atoms with E-state index in [9.17, 15) is 18.0 Å². The number of hydrogen-bond donors (Lipinski definition) is 1. The van der Waals surface area contributed by atoms with Crippen molar-refractivity contribution in [2.45, 2.75) is 58.2 Å². The van der Waals surface area contributed by atoms with Gasteiger partial charge in [0.05, 0.1) is 5.92 Å². The van der Waals surface area contributed by atoms with Gasteiger partial charge in [0.25, 0.3) is 0 Å². The number of nitrogens with zero attached hydrogens (tertiary/aromatic N) is 1. The second-order valence-electron chi connectivity index (χ2n) is 5.81. The van der Waals surface area contributed by atoms with Gasteiger partial charge in [0, 0.05) is 18.5 Å². The molecule has 1 rings (SSSR count). The Kier molecular flexibility index (Phi) is 6.30. The van der Waals surface area contributed by atoms with Crippen molar-refractivity contribution in [2.24, 2.45) is 17.6 Å². The fourth-order valence-corrected chi connectivity index (χ4v) is 2.92. The Hall–Kier alpha value is -0.780. The van der Waals surface area contributed by atoms with Crippen LogP contribution >= 0.6 is 0 Å². The summed E-state index contributed by atoms with van der Waals surface area (Å²) in [4.78, 5) is 14.0. The third kappa shape index (κ3) is 4.36. The lowest BCUT2D eigenvalue weighted by Gasteiger charge is -2.37. The average molecular weight is 294 g/mol. The van der Waals surface area contributed by atoms with Crippen LogP contribution in [-0.4, -0.2) is 36.1 Å². The van der Waals surface area contributed by atoms with Gasteiger partial charge in [-0.3, -0.25) is 4.79 Å². The highest BCUT2D eigenvalue weighted by Crippen LogP contribution is 2.42. The number of hydrogen-bond acceptors (Lipinski definition) is 2. The molecule has 0 aromatic rings. The van der Waals surface area contributed by atoms with E-state index in [1.165, 1.54) is 0 Å². The van der Waals surface area contributed by atoms with Crippen LogP contribution in [0.15, 0.2) is 0 Å². The standard InChI is InChI=1S/C14H25F3N2O/c1-10(2)19(9-5-8-18)13(20)11-6-3-4-7-12(11)14(15,16)17/h10-12H,3-9,18H2,1-2H3. The third-order valence-electron chi connectivity index (χ3n) is 4.01. The number of carbonyl (C=O) groups is 1. The van der Waals surface area contributed by atoms with Gasteiger partial charge in [0.2, 0.25) is 5.91 Å². The van der Waals surface area contributed by atoms with Gasteiger partial charge < -0.3 is 10.6 Å². The number of halogens is 3. The van der Waals surface area contributed by atoms with Gasteiger partial charge in [-0.2, -0.15) is 13.2 Å². The van der Waals surface area contributed by atoms with Crippen LogP contribution in [-0.2, 0) is 4.79 Å². The minimum atomic E-state index is -4.28. The Labute approximate surface area is 118 Å². The van der Waals surface area contributed by atoms with Crippen molar-refractivity contribution in [1.29, 1.82) is 0 Å². The normalized spacial score (nSPS) is 23.9. The first kappa shape index (κ1) is 17.3. The van der Waals surface area contributed by atoms with Crippen LogP contribution in [0.2, 0.25) is 0 Å². The van der Waals surface area contributed by atoms with Gasteiger partial charge in [-0.1, -0.05) is 12.8 Å². The number of carbonyl (C=O) groups excluding carboxylic acids is 1. The summed E-state index contributed by atoms with van der Waals surface area (Å²) in [6, 6.07) is -0.0927. The van der Waals surface area contributed by atoms with E-state index in [1.807, 2.05) is 13.8 Å². The largest absolute Gasteiger partial charge is 0.392 e. The van der Waals surface area contributed by atoms with Crippen LogP contribution in [0.25, 0.3) is 0 Å². The van der Waals surface area contributed by atoms with Crippen LogP contribution < -0.4 is 5.73 Å². The molecule has 3 nitrogen and oxygen atoms in total. The second kappa shape index (κ2) is 7.29. The highest BCUT2D eigenvalue weighted by Gasteiger charge is 2.49. The summed E-state index contributed by atoms with van der Waals surface area (Å²) in [5.74, 6) is -2.75. The molecule has 2 N–H and O–H groups in total. The molecule has 1 aliphatic rings. The lowest BCUT2D eigenvalue weighted by Crippen LogP contribution is -2.47. The Balaban J connectivity index is 2.84. The molecule has 0 aromatic carbocycles. The molecule has 0 spiro atoms. The zero-order valence-corrected chi connectivity index (χ0v) is 12.2. The number of amides is 1. The van der Waals surface area contributed by atoms with Gasteiger partial charge in [-0.25, -0.2) is 0 Å². The summed E-state index contributed by atoms with van der Waals surface area (Å²) >= 11 is 0. The maximum Gasteiger partial charge on any atom is 0.392 e. The molecule has 0 radical (unpaired) electrons. The van der Waals surface area contributed by atoms with Gasteiger partial charge in [-0.05, 0) is 39.7 Å². The highest BCUT2D eigenvalue weighted by atomic mass is 19.4. The minimum Gasteiger partial charge on any atom is -0.340 e. The van der Waals surface area contributed by atoms with Crippen molar-refractivity contribution in [3.8, 4) is 0 Å². The monoisotopic (exact) mass is 294 g/mol. The van der Waals surface area contributed by atoms with E-state index in [-0.39, 0.29) is 18.4 Å². The first-order valence-corrected chi connectivity index (χ1v) is 7.36. The van der Waals surface area contributed by atoms with Crippen molar-refractivity contribution in [3.05, 3.63) is 0 Å². The molecule has 1 amide bonds. The zero-order valence-electron chi connectivity index (χ0n) is 12.2. The van der Waals surface area contributed by atoms with Crippen LogP contribution in [0.3, 0.4) is 0 Å². The molecule has 6 heteroatoms. The van der Waals surface area contributed by atoms with E-state index in [1.54, 1.807) is 4.90 Å². The van der Waals surface area contributed by atoms with Gasteiger partial charge in [-0.15, -0.1) is 0 Å². The lowest BCUT2D eigenvalue weighted by atomic mass is 9.77. The van der Waals surface area contributed by atoms with E-state index >= 15 is 0 Å². The Morgan fingerprint density at radius 3 is 2.40 bits per heavy atom. The van der Waals surface area contributed by atoms with Crippen molar-refractivity contribution < 1.29 is 18.0 Å². The molecular weight excluding hydrogens is 269 g/mol. The van der Waals surface area contributed by atoms with Crippen LogP contribution in [0.1, 0.15) is 46.0 Å². The fraction of sp³-hybridized carbons (Fsp3) is 0.929. The van der Waals surface area contributed by atoms with Crippen molar-refractivity contribution in [1.82, 2.24) is 4.90 Å². The summed E-state index contributed by atoms with van der Waals surface area (Å²) in [7, 11) is 0. The lowest BCUT2D eigenvalue weighted by molar-refractivity contribution is -0.201. The maximum absolute atomic E-state index is 13.1. The average Bonchev–Trinajstić information content (AvgIpc) is 2.37. The van der Waals surface area contributed by atoms with Crippen molar-refractivity contribution in [3.63, 3.8) is 0 Å². The number of rotatable bonds is 5. The first-order valence-electron chi connectivity index (χ1n) is 7.36. The molecule has 0 aliphatic heterocycles. The van der Waals surface area contributed by atoms with Gasteiger partial charge in [0.1, 0.15) is 0 Å².